The lowest BCUT2D eigenvalue weighted by Gasteiger charge is -2.20. The highest BCUT2D eigenvalue weighted by molar-refractivity contribution is 5.18. The van der Waals surface area contributed by atoms with Crippen LogP contribution in [0.2, 0.25) is 0 Å². The van der Waals surface area contributed by atoms with E-state index in [1.807, 2.05) is 6.07 Å². The summed E-state index contributed by atoms with van der Waals surface area (Å²) in [4.78, 5) is 8.94. The largest absolute Gasteiger partial charge is 0.481 e. The summed E-state index contributed by atoms with van der Waals surface area (Å²) in [6, 6.07) is 1.81. The SMILES string of the molecule is COc1cc(CN)nc(C2CCCCC2)n1. The number of methoxy groups -OCH3 is 1. The first-order valence-electron chi connectivity index (χ1n) is 5.95. The molecule has 2 N–H and O–H groups in total. The summed E-state index contributed by atoms with van der Waals surface area (Å²) in [6.07, 6.45) is 6.28. The molecule has 88 valence electrons. The van der Waals surface area contributed by atoms with Crippen LogP contribution < -0.4 is 10.5 Å². The molecule has 0 amide bonds. The monoisotopic (exact) mass is 221 g/mol. The van der Waals surface area contributed by atoms with Gasteiger partial charge in [-0.1, -0.05) is 19.3 Å². The van der Waals surface area contributed by atoms with E-state index in [1.165, 1.54) is 32.1 Å². The molecule has 1 aliphatic rings. The molecule has 0 unspecified atom stereocenters. The lowest BCUT2D eigenvalue weighted by atomic mass is 9.88. The third kappa shape index (κ3) is 2.50. The highest BCUT2D eigenvalue weighted by Gasteiger charge is 2.19. The van der Waals surface area contributed by atoms with Crippen LogP contribution in [0, 0.1) is 0 Å². The zero-order chi connectivity index (χ0) is 11.4. The number of hydrogen-bond donors (Lipinski definition) is 1. The van der Waals surface area contributed by atoms with E-state index >= 15 is 0 Å². The van der Waals surface area contributed by atoms with Crippen LogP contribution >= 0.6 is 0 Å². The van der Waals surface area contributed by atoms with Gasteiger partial charge in [-0.15, -0.1) is 0 Å². The zero-order valence-corrected chi connectivity index (χ0v) is 9.78. The van der Waals surface area contributed by atoms with Crippen molar-refractivity contribution in [2.24, 2.45) is 5.73 Å². The first-order valence-corrected chi connectivity index (χ1v) is 5.95. The van der Waals surface area contributed by atoms with E-state index in [9.17, 15) is 0 Å². The van der Waals surface area contributed by atoms with Gasteiger partial charge in [0.15, 0.2) is 0 Å². The molecule has 0 spiro atoms. The van der Waals surface area contributed by atoms with Gasteiger partial charge in [0.05, 0.1) is 12.8 Å². The molecule has 1 heterocycles. The molecule has 0 aliphatic heterocycles. The summed E-state index contributed by atoms with van der Waals surface area (Å²) in [5.41, 5.74) is 6.49. The van der Waals surface area contributed by atoms with E-state index in [4.69, 9.17) is 10.5 Å². The normalized spacial score (nSPS) is 17.4. The van der Waals surface area contributed by atoms with Crippen LogP contribution in [0.5, 0.6) is 5.88 Å². The Kier molecular flexibility index (Phi) is 3.72. The number of nitrogens with zero attached hydrogens (tertiary/aromatic N) is 2. The molecule has 1 saturated carbocycles. The molecule has 4 heteroatoms. The van der Waals surface area contributed by atoms with E-state index in [1.54, 1.807) is 7.11 Å². The minimum atomic E-state index is 0.443. The minimum Gasteiger partial charge on any atom is -0.481 e. The summed E-state index contributed by atoms with van der Waals surface area (Å²) >= 11 is 0. The van der Waals surface area contributed by atoms with Crippen LogP contribution in [-0.4, -0.2) is 17.1 Å². The molecular formula is C12H19N3O. The van der Waals surface area contributed by atoms with Crippen molar-refractivity contribution in [2.45, 2.75) is 44.6 Å². The Balaban J connectivity index is 2.24. The standard InChI is InChI=1S/C12H19N3O/c1-16-11-7-10(8-13)14-12(15-11)9-5-3-2-4-6-9/h7,9H,2-6,8,13H2,1H3. The van der Waals surface area contributed by atoms with E-state index in [-0.39, 0.29) is 0 Å². The van der Waals surface area contributed by atoms with E-state index in [2.05, 4.69) is 9.97 Å². The predicted octanol–water partition coefficient (Wildman–Crippen LogP) is 1.99. The highest BCUT2D eigenvalue weighted by atomic mass is 16.5. The highest BCUT2D eigenvalue weighted by Crippen LogP contribution is 2.31. The van der Waals surface area contributed by atoms with E-state index in [0.29, 0.717) is 18.3 Å². The topological polar surface area (TPSA) is 61.0 Å². The molecule has 0 bridgehead atoms. The van der Waals surface area contributed by atoms with Crippen molar-refractivity contribution in [2.75, 3.05) is 7.11 Å². The Morgan fingerprint density at radius 2 is 2.06 bits per heavy atom. The Labute approximate surface area is 96.2 Å². The maximum Gasteiger partial charge on any atom is 0.216 e. The average Bonchev–Trinajstić information content (AvgIpc) is 2.39. The quantitative estimate of drug-likeness (QED) is 0.848. The van der Waals surface area contributed by atoms with Crippen molar-refractivity contribution in [3.05, 3.63) is 17.6 Å². The lowest BCUT2D eigenvalue weighted by molar-refractivity contribution is 0.381. The summed E-state index contributed by atoms with van der Waals surface area (Å²) in [5, 5.41) is 0. The summed E-state index contributed by atoms with van der Waals surface area (Å²) in [6.45, 7) is 0.443. The summed E-state index contributed by atoms with van der Waals surface area (Å²) < 4.78 is 5.18. The van der Waals surface area contributed by atoms with E-state index < -0.39 is 0 Å². The number of aromatic nitrogens is 2. The van der Waals surface area contributed by atoms with Crippen molar-refractivity contribution in [1.29, 1.82) is 0 Å². The number of nitrogens with two attached hydrogens (primary N) is 1. The fraction of sp³-hybridized carbons (Fsp3) is 0.667. The van der Waals surface area contributed by atoms with Gasteiger partial charge >= 0.3 is 0 Å². The Bertz CT molecular complexity index is 326. The third-order valence-electron chi connectivity index (χ3n) is 3.16. The van der Waals surface area contributed by atoms with Crippen molar-refractivity contribution < 1.29 is 4.74 Å². The molecule has 16 heavy (non-hydrogen) atoms. The van der Waals surface area contributed by atoms with Crippen LogP contribution in [0.4, 0.5) is 0 Å². The molecule has 1 aromatic heterocycles. The second-order valence-corrected chi connectivity index (χ2v) is 4.30. The van der Waals surface area contributed by atoms with Crippen molar-refractivity contribution in [1.82, 2.24) is 9.97 Å². The van der Waals surface area contributed by atoms with Crippen LogP contribution in [0.25, 0.3) is 0 Å². The summed E-state index contributed by atoms with van der Waals surface area (Å²) in [5.74, 6) is 2.05. The fourth-order valence-electron chi connectivity index (χ4n) is 2.24. The van der Waals surface area contributed by atoms with Crippen molar-refractivity contribution in [3.8, 4) is 5.88 Å². The Morgan fingerprint density at radius 3 is 2.69 bits per heavy atom. The molecule has 1 fully saturated rings. The molecule has 1 aliphatic carbocycles. The molecule has 0 radical (unpaired) electrons. The Hall–Kier alpha value is -1.16. The van der Waals surface area contributed by atoms with Crippen molar-refractivity contribution >= 4 is 0 Å². The lowest BCUT2D eigenvalue weighted by Crippen LogP contribution is -2.12. The van der Waals surface area contributed by atoms with Gasteiger partial charge in [-0.2, -0.15) is 4.98 Å². The second kappa shape index (κ2) is 5.25. The van der Waals surface area contributed by atoms with Crippen LogP contribution in [0.1, 0.15) is 49.5 Å². The van der Waals surface area contributed by atoms with Crippen LogP contribution in [0.3, 0.4) is 0 Å². The predicted molar refractivity (Wildman–Crippen MR) is 62.3 cm³/mol. The third-order valence-corrected chi connectivity index (χ3v) is 3.16. The van der Waals surface area contributed by atoms with Crippen LogP contribution in [0.15, 0.2) is 6.07 Å². The molecule has 0 aromatic carbocycles. The Morgan fingerprint density at radius 1 is 1.31 bits per heavy atom. The van der Waals surface area contributed by atoms with Gasteiger partial charge in [0.1, 0.15) is 5.82 Å². The molecule has 0 saturated heterocycles. The van der Waals surface area contributed by atoms with Gasteiger partial charge in [0.25, 0.3) is 0 Å². The van der Waals surface area contributed by atoms with Crippen LogP contribution in [-0.2, 0) is 6.54 Å². The van der Waals surface area contributed by atoms with Gasteiger partial charge < -0.3 is 10.5 Å². The molecule has 1 aromatic rings. The van der Waals surface area contributed by atoms with Gasteiger partial charge in [-0.3, -0.25) is 0 Å². The van der Waals surface area contributed by atoms with E-state index in [0.717, 1.165) is 11.5 Å². The maximum atomic E-state index is 5.63. The van der Waals surface area contributed by atoms with Gasteiger partial charge in [0, 0.05) is 18.5 Å². The van der Waals surface area contributed by atoms with Crippen molar-refractivity contribution in [3.63, 3.8) is 0 Å². The molecule has 0 atom stereocenters. The first-order chi connectivity index (χ1) is 7.83. The molecule has 4 nitrogen and oxygen atoms in total. The van der Waals surface area contributed by atoms with Gasteiger partial charge in [-0.05, 0) is 12.8 Å². The molecular weight excluding hydrogens is 202 g/mol. The second-order valence-electron chi connectivity index (χ2n) is 4.30. The maximum absolute atomic E-state index is 5.63. The number of hydrogen-bond acceptors (Lipinski definition) is 4. The molecule has 2 rings (SSSR count). The minimum absolute atomic E-state index is 0.443. The number of ether oxygens (including phenoxy) is 1. The smallest absolute Gasteiger partial charge is 0.216 e. The first kappa shape index (κ1) is 11.3. The average molecular weight is 221 g/mol. The van der Waals surface area contributed by atoms with Gasteiger partial charge in [-0.25, -0.2) is 4.98 Å². The fourth-order valence-corrected chi connectivity index (χ4v) is 2.24. The summed E-state index contributed by atoms with van der Waals surface area (Å²) in [7, 11) is 1.63. The zero-order valence-electron chi connectivity index (χ0n) is 9.78. The van der Waals surface area contributed by atoms with Gasteiger partial charge in [0.2, 0.25) is 5.88 Å². The number of rotatable bonds is 3.